The van der Waals surface area contributed by atoms with Crippen molar-refractivity contribution in [1.29, 1.82) is 0 Å². The first kappa shape index (κ1) is 28.3. The third-order valence-electron chi connectivity index (χ3n) is 8.09. The fourth-order valence-electron chi connectivity index (χ4n) is 6.07. The van der Waals surface area contributed by atoms with Crippen molar-refractivity contribution in [3.8, 4) is 0 Å². The molecule has 1 aliphatic carbocycles. The number of rotatable bonds is 12. The normalized spacial score (nSPS) is 19.6. The minimum absolute atomic E-state index is 0.291. The van der Waals surface area contributed by atoms with Crippen LogP contribution < -0.4 is 5.43 Å². The van der Waals surface area contributed by atoms with Crippen LogP contribution in [0.5, 0.6) is 0 Å². The van der Waals surface area contributed by atoms with E-state index in [1.807, 2.05) is 11.0 Å². The highest BCUT2D eigenvalue weighted by molar-refractivity contribution is 5.77. The summed E-state index contributed by atoms with van der Waals surface area (Å²) in [5.74, 6) is 1.54. The number of carbonyl (C=O) groups excluding carboxylic acids is 1. The number of likely N-dealkylation sites (tertiary alicyclic amines) is 1. The summed E-state index contributed by atoms with van der Waals surface area (Å²) in [6.07, 6.45) is 13.7. The summed E-state index contributed by atoms with van der Waals surface area (Å²) in [5.41, 5.74) is 4.01. The van der Waals surface area contributed by atoms with Crippen LogP contribution in [0.3, 0.4) is 0 Å². The predicted octanol–water partition coefficient (Wildman–Crippen LogP) is 6.65. The van der Waals surface area contributed by atoms with Crippen LogP contribution in [-0.4, -0.2) is 60.5 Å². The molecule has 3 rings (SSSR count). The van der Waals surface area contributed by atoms with Crippen LogP contribution >= 0.6 is 0 Å². The van der Waals surface area contributed by atoms with Crippen LogP contribution in [0.2, 0.25) is 0 Å². The topological polar surface area (TPSA) is 82.1 Å². The van der Waals surface area contributed by atoms with Gasteiger partial charge in [0, 0.05) is 33.4 Å². The van der Waals surface area contributed by atoms with Gasteiger partial charge in [-0.1, -0.05) is 81.7 Å². The molecule has 0 radical (unpaired) electrons. The number of ether oxygens (including phenoxy) is 1. The molecule has 1 aromatic rings. The summed E-state index contributed by atoms with van der Waals surface area (Å²) in [5, 5.41) is 10.8. The highest BCUT2D eigenvalue weighted by atomic mass is 16.5. The van der Waals surface area contributed by atoms with E-state index >= 15 is 0 Å². The molecule has 2 atom stereocenters. The molecule has 3 amide bonds. The Morgan fingerprint density at radius 2 is 1.83 bits per heavy atom. The molecule has 1 saturated heterocycles. The number of hydrogen-bond acceptors (Lipinski definition) is 3. The first-order valence-corrected chi connectivity index (χ1v) is 14.2. The summed E-state index contributed by atoms with van der Waals surface area (Å²) in [6.45, 7) is 2.44. The largest absolute Gasteiger partial charge is 0.464 e. The average molecular weight is 502 g/mol. The van der Waals surface area contributed by atoms with Crippen LogP contribution in [-0.2, 0) is 4.74 Å². The van der Waals surface area contributed by atoms with Gasteiger partial charge in [-0.3, -0.25) is 0 Å². The molecule has 36 heavy (non-hydrogen) atoms. The predicted molar refractivity (Wildman–Crippen MR) is 143 cm³/mol. The number of urea groups is 1. The van der Waals surface area contributed by atoms with E-state index < -0.39 is 6.09 Å². The van der Waals surface area contributed by atoms with E-state index in [4.69, 9.17) is 4.74 Å². The number of unbranched alkanes of at least 4 members (excludes halogenated alkanes) is 2. The van der Waals surface area contributed by atoms with Gasteiger partial charge >= 0.3 is 12.1 Å². The first-order chi connectivity index (χ1) is 17.6. The lowest BCUT2D eigenvalue weighted by molar-refractivity contribution is 0.102. The third kappa shape index (κ3) is 9.30. The van der Waals surface area contributed by atoms with Crippen LogP contribution in [0.15, 0.2) is 30.3 Å². The van der Waals surface area contributed by atoms with Crippen molar-refractivity contribution in [3.63, 3.8) is 0 Å². The van der Waals surface area contributed by atoms with Crippen LogP contribution in [0, 0.1) is 11.8 Å². The van der Waals surface area contributed by atoms with Gasteiger partial charge in [0.15, 0.2) is 0 Å². The maximum atomic E-state index is 13.1. The number of carboxylic acid groups (broad SMARTS) is 1. The standard InChI is InChI=1S/C29H47N3O4/c1-36-22-11-9-19-27(25-16-6-3-7-17-25)26-18-12-20-31(23-26)28(33)30-32(29(34)35)21-10-8-15-24-13-4-2-5-14-24/h3,6-7,16-17,24,26-27H,2,4-5,8-15,18-23H2,1H3,(H,30,33)(H,34,35)/t26?,27-/m0/s1. The fraction of sp³-hybridized carbons (Fsp3) is 0.724. The molecule has 0 bridgehead atoms. The molecule has 0 spiro atoms. The van der Waals surface area contributed by atoms with Gasteiger partial charge in [0.25, 0.3) is 0 Å². The SMILES string of the molecule is COCCCC[C@@H](c1ccccc1)C1CCCN(C(=O)NN(CCCCC2CCCCC2)C(=O)O)C1. The van der Waals surface area contributed by atoms with E-state index in [1.54, 1.807) is 7.11 Å². The highest BCUT2D eigenvalue weighted by Gasteiger charge is 2.31. The van der Waals surface area contributed by atoms with Crippen molar-refractivity contribution < 1.29 is 19.4 Å². The summed E-state index contributed by atoms with van der Waals surface area (Å²) in [4.78, 5) is 26.7. The zero-order valence-corrected chi connectivity index (χ0v) is 22.2. The molecule has 7 heteroatoms. The summed E-state index contributed by atoms with van der Waals surface area (Å²) in [6, 6.07) is 10.3. The Bertz CT molecular complexity index is 769. The molecule has 2 N–H and O–H groups in total. The van der Waals surface area contributed by atoms with Gasteiger partial charge in [-0.25, -0.2) is 20.0 Å². The lowest BCUT2D eigenvalue weighted by Gasteiger charge is -2.38. The molecule has 1 heterocycles. The van der Waals surface area contributed by atoms with Gasteiger partial charge in [-0.15, -0.1) is 0 Å². The van der Waals surface area contributed by atoms with Gasteiger partial charge in [0.1, 0.15) is 0 Å². The summed E-state index contributed by atoms with van der Waals surface area (Å²) in [7, 11) is 1.74. The van der Waals surface area contributed by atoms with Gasteiger partial charge in [-0.2, -0.15) is 0 Å². The van der Waals surface area contributed by atoms with E-state index in [9.17, 15) is 14.7 Å². The van der Waals surface area contributed by atoms with E-state index in [0.29, 0.717) is 31.5 Å². The number of benzene rings is 1. The monoisotopic (exact) mass is 501 g/mol. The van der Waals surface area contributed by atoms with Gasteiger partial charge in [0.2, 0.25) is 0 Å². The van der Waals surface area contributed by atoms with Crippen molar-refractivity contribution in [1.82, 2.24) is 15.3 Å². The number of methoxy groups -OCH3 is 1. The number of nitrogens with zero attached hydrogens (tertiary/aromatic N) is 2. The Hall–Kier alpha value is -2.28. The van der Waals surface area contributed by atoms with Crippen LogP contribution in [0.25, 0.3) is 0 Å². The number of hydrogen-bond donors (Lipinski definition) is 2. The van der Waals surface area contributed by atoms with Crippen molar-refractivity contribution in [2.75, 3.05) is 33.4 Å². The molecule has 7 nitrogen and oxygen atoms in total. The molecule has 2 fully saturated rings. The molecule has 1 saturated carbocycles. The van der Waals surface area contributed by atoms with E-state index in [1.165, 1.54) is 44.1 Å². The molecule has 2 aliphatic rings. The Morgan fingerprint density at radius 1 is 1.06 bits per heavy atom. The van der Waals surface area contributed by atoms with Crippen LogP contribution in [0.1, 0.15) is 95.0 Å². The molecule has 1 aliphatic heterocycles. The maximum absolute atomic E-state index is 13.1. The second kappa shape index (κ2) is 15.7. The molecular formula is C29H47N3O4. The molecular weight excluding hydrogens is 454 g/mol. The van der Waals surface area contributed by atoms with E-state index in [2.05, 4.69) is 29.7 Å². The Balaban J connectivity index is 1.51. The Labute approximate surface area is 217 Å². The van der Waals surface area contributed by atoms with Gasteiger partial charge in [0.05, 0.1) is 0 Å². The molecule has 1 aromatic carbocycles. The maximum Gasteiger partial charge on any atom is 0.426 e. The average Bonchev–Trinajstić information content (AvgIpc) is 2.91. The Morgan fingerprint density at radius 3 is 2.56 bits per heavy atom. The van der Waals surface area contributed by atoms with Crippen molar-refractivity contribution in [2.45, 2.75) is 89.4 Å². The third-order valence-corrected chi connectivity index (χ3v) is 8.09. The van der Waals surface area contributed by atoms with Gasteiger partial charge in [-0.05, 0) is 55.4 Å². The quantitative estimate of drug-likeness (QED) is 0.248. The number of nitrogens with one attached hydrogen (secondary N) is 1. The minimum atomic E-state index is -1.09. The number of hydrazine groups is 1. The minimum Gasteiger partial charge on any atom is -0.464 e. The molecule has 1 unspecified atom stereocenters. The van der Waals surface area contributed by atoms with E-state index in [0.717, 1.165) is 62.5 Å². The van der Waals surface area contributed by atoms with Gasteiger partial charge < -0.3 is 14.7 Å². The number of amides is 3. The van der Waals surface area contributed by atoms with Crippen molar-refractivity contribution in [2.24, 2.45) is 11.8 Å². The Kier molecular flexibility index (Phi) is 12.4. The lowest BCUT2D eigenvalue weighted by atomic mass is 9.78. The zero-order valence-electron chi connectivity index (χ0n) is 22.2. The summed E-state index contributed by atoms with van der Waals surface area (Å²) >= 11 is 0. The number of piperidine rings is 1. The second-order valence-electron chi connectivity index (χ2n) is 10.7. The van der Waals surface area contributed by atoms with Crippen LogP contribution in [0.4, 0.5) is 9.59 Å². The van der Waals surface area contributed by atoms with E-state index in [-0.39, 0.29) is 6.03 Å². The highest BCUT2D eigenvalue weighted by Crippen LogP contribution is 2.35. The number of carbonyl (C=O) groups is 2. The lowest BCUT2D eigenvalue weighted by Crippen LogP contribution is -2.53. The fourth-order valence-corrected chi connectivity index (χ4v) is 6.07. The molecule has 0 aromatic heterocycles. The smallest absolute Gasteiger partial charge is 0.426 e. The summed E-state index contributed by atoms with van der Waals surface area (Å²) < 4.78 is 5.23. The van der Waals surface area contributed by atoms with Crippen molar-refractivity contribution >= 4 is 12.1 Å². The zero-order chi connectivity index (χ0) is 25.6. The molecule has 202 valence electrons. The second-order valence-corrected chi connectivity index (χ2v) is 10.7. The first-order valence-electron chi connectivity index (χ1n) is 14.2. The van der Waals surface area contributed by atoms with Crippen molar-refractivity contribution in [3.05, 3.63) is 35.9 Å².